The molecular formula is C20H27N5O2S. The van der Waals surface area contributed by atoms with Gasteiger partial charge in [-0.25, -0.2) is 9.67 Å². The van der Waals surface area contributed by atoms with Crippen LogP contribution < -0.4 is 0 Å². The van der Waals surface area contributed by atoms with Crippen LogP contribution in [-0.2, 0) is 11.2 Å². The first-order valence-corrected chi connectivity index (χ1v) is 11.2. The quantitative estimate of drug-likeness (QED) is 0.831. The van der Waals surface area contributed by atoms with Crippen molar-refractivity contribution in [1.29, 1.82) is 0 Å². The van der Waals surface area contributed by atoms with Gasteiger partial charge in [0.2, 0.25) is 5.91 Å². The van der Waals surface area contributed by atoms with Crippen LogP contribution in [0.4, 0.5) is 0 Å². The van der Waals surface area contributed by atoms with Crippen molar-refractivity contribution in [2.24, 2.45) is 11.8 Å². The highest BCUT2D eigenvalue weighted by Gasteiger charge is 2.44. The molecule has 2 aromatic rings. The van der Waals surface area contributed by atoms with Crippen LogP contribution in [-0.4, -0.2) is 55.1 Å². The summed E-state index contributed by atoms with van der Waals surface area (Å²) in [5.41, 5.74) is 2.08. The summed E-state index contributed by atoms with van der Waals surface area (Å²) in [4.78, 5) is 19.2. The highest BCUT2D eigenvalue weighted by atomic mass is 32.1. The zero-order valence-electron chi connectivity index (χ0n) is 16.2. The molecule has 2 aliphatic carbocycles. The number of carbonyl (C=O) groups excluding carboxylic acids is 1. The van der Waals surface area contributed by atoms with Gasteiger partial charge in [-0.1, -0.05) is 5.21 Å². The van der Waals surface area contributed by atoms with Crippen molar-refractivity contribution in [3.8, 4) is 0 Å². The summed E-state index contributed by atoms with van der Waals surface area (Å²) in [6.07, 6.45) is 6.85. The van der Waals surface area contributed by atoms with Gasteiger partial charge in [0.1, 0.15) is 0 Å². The second-order valence-corrected chi connectivity index (χ2v) is 9.74. The normalized spacial score (nSPS) is 29.9. The lowest BCUT2D eigenvalue weighted by molar-refractivity contribution is -0.130. The average molecular weight is 402 g/mol. The molecule has 0 bridgehead atoms. The highest BCUT2D eigenvalue weighted by molar-refractivity contribution is 7.09. The first-order chi connectivity index (χ1) is 13.6. The first kappa shape index (κ1) is 18.2. The van der Waals surface area contributed by atoms with Crippen molar-refractivity contribution in [1.82, 2.24) is 24.9 Å². The molecule has 0 spiro atoms. The fourth-order valence-electron chi connectivity index (χ4n) is 4.83. The number of hydrogen-bond acceptors (Lipinski definition) is 6. The van der Waals surface area contributed by atoms with Gasteiger partial charge in [-0.3, -0.25) is 4.79 Å². The van der Waals surface area contributed by atoms with Gasteiger partial charge in [0.15, 0.2) is 0 Å². The average Bonchev–Trinajstić information content (AvgIpc) is 3.07. The van der Waals surface area contributed by atoms with E-state index in [-0.39, 0.29) is 11.9 Å². The molecule has 4 atom stereocenters. The number of likely N-dealkylation sites (tertiary alicyclic amines) is 1. The zero-order valence-corrected chi connectivity index (χ0v) is 17.0. The molecule has 3 fully saturated rings. The van der Waals surface area contributed by atoms with Crippen molar-refractivity contribution in [2.45, 2.75) is 63.5 Å². The summed E-state index contributed by atoms with van der Waals surface area (Å²) in [7, 11) is 0. The molecule has 5 rings (SSSR count). The Labute approximate surface area is 168 Å². The molecule has 0 unspecified atom stereocenters. The third-order valence-corrected chi connectivity index (χ3v) is 7.41. The van der Waals surface area contributed by atoms with Gasteiger partial charge in [-0.05, 0) is 50.9 Å². The molecular weight excluding hydrogens is 374 g/mol. The lowest BCUT2D eigenvalue weighted by atomic mass is 9.77. The number of aryl methyl sites for hydroxylation is 2. The maximum atomic E-state index is 12.7. The standard InChI is InChI=1S/C20H27N5O2S/c1-12-21-16(11-28-12)4-5-20(27)24-8-14-6-18(19(26)7-15(14)9-24)25-10-17(22-23-25)13-2-3-13/h10-11,13-15,18-19,26H,2-9H2,1H3/t14-,15+,18-,19-/m1/s1. The van der Waals surface area contributed by atoms with E-state index in [0.29, 0.717) is 30.6 Å². The van der Waals surface area contributed by atoms with Crippen molar-refractivity contribution in [2.75, 3.05) is 13.1 Å². The molecule has 1 amide bonds. The highest BCUT2D eigenvalue weighted by Crippen LogP contribution is 2.43. The number of thiazole rings is 1. The Hall–Kier alpha value is -1.80. The maximum absolute atomic E-state index is 12.7. The first-order valence-electron chi connectivity index (χ1n) is 10.4. The Balaban J connectivity index is 1.19. The Morgan fingerprint density at radius 1 is 1.29 bits per heavy atom. The minimum Gasteiger partial charge on any atom is -0.391 e. The molecule has 3 aliphatic rings. The molecule has 8 heteroatoms. The second-order valence-electron chi connectivity index (χ2n) is 8.68. The minimum absolute atomic E-state index is 0.0192. The number of fused-ring (bicyclic) bond motifs is 1. The van der Waals surface area contributed by atoms with Crippen molar-refractivity contribution in [3.05, 3.63) is 28.0 Å². The third-order valence-electron chi connectivity index (χ3n) is 6.59. The van der Waals surface area contributed by atoms with Gasteiger partial charge in [-0.15, -0.1) is 16.4 Å². The van der Waals surface area contributed by atoms with Crippen LogP contribution in [0.1, 0.15) is 60.5 Å². The molecule has 0 aromatic carbocycles. The lowest BCUT2D eigenvalue weighted by Gasteiger charge is -2.34. The molecule has 1 aliphatic heterocycles. The van der Waals surface area contributed by atoms with Gasteiger partial charge in [0.05, 0.1) is 28.5 Å². The molecule has 2 saturated carbocycles. The van der Waals surface area contributed by atoms with Crippen molar-refractivity contribution in [3.63, 3.8) is 0 Å². The predicted molar refractivity (Wildman–Crippen MR) is 105 cm³/mol. The summed E-state index contributed by atoms with van der Waals surface area (Å²) in [5.74, 6) is 1.61. The van der Waals surface area contributed by atoms with E-state index in [1.807, 2.05) is 28.1 Å². The fourth-order valence-corrected chi connectivity index (χ4v) is 5.48. The molecule has 1 saturated heterocycles. The SMILES string of the molecule is Cc1nc(CCC(=O)N2C[C@H]3C[C@@H](n4cc(C5CC5)nn4)[C@H](O)C[C@H]3C2)cs1. The van der Waals surface area contributed by atoms with E-state index in [2.05, 4.69) is 15.3 Å². The fraction of sp³-hybridized carbons (Fsp3) is 0.700. The summed E-state index contributed by atoms with van der Waals surface area (Å²) < 4.78 is 1.88. The van der Waals surface area contributed by atoms with Crippen LogP contribution in [0.2, 0.25) is 0 Å². The number of hydrogen-bond donors (Lipinski definition) is 1. The van der Waals surface area contributed by atoms with E-state index >= 15 is 0 Å². The molecule has 150 valence electrons. The van der Waals surface area contributed by atoms with Gasteiger partial charge in [-0.2, -0.15) is 0 Å². The number of nitrogens with zero attached hydrogens (tertiary/aromatic N) is 5. The summed E-state index contributed by atoms with van der Waals surface area (Å²) >= 11 is 1.63. The van der Waals surface area contributed by atoms with E-state index in [9.17, 15) is 9.90 Å². The minimum atomic E-state index is -0.414. The lowest BCUT2D eigenvalue weighted by Crippen LogP contribution is -2.36. The van der Waals surface area contributed by atoms with E-state index < -0.39 is 6.10 Å². The van der Waals surface area contributed by atoms with E-state index in [1.54, 1.807) is 11.3 Å². The van der Waals surface area contributed by atoms with Crippen LogP contribution in [0.5, 0.6) is 0 Å². The molecule has 7 nitrogen and oxygen atoms in total. The zero-order chi connectivity index (χ0) is 19.3. The number of amides is 1. The molecule has 0 radical (unpaired) electrons. The van der Waals surface area contributed by atoms with Gasteiger partial charge < -0.3 is 10.0 Å². The Morgan fingerprint density at radius 2 is 2.07 bits per heavy atom. The van der Waals surface area contributed by atoms with Crippen LogP contribution in [0.25, 0.3) is 0 Å². The third kappa shape index (κ3) is 3.59. The van der Waals surface area contributed by atoms with Gasteiger partial charge >= 0.3 is 0 Å². The number of carbonyl (C=O) groups is 1. The van der Waals surface area contributed by atoms with Crippen LogP contribution in [0, 0.1) is 18.8 Å². The van der Waals surface area contributed by atoms with Gasteiger partial charge in [0, 0.05) is 37.0 Å². The Kier molecular flexibility index (Phi) is 4.71. The van der Waals surface area contributed by atoms with Crippen LogP contribution in [0.3, 0.4) is 0 Å². The molecule has 1 N–H and O–H groups in total. The number of aliphatic hydroxyl groups is 1. The number of aliphatic hydroxyl groups excluding tert-OH is 1. The molecule has 2 aromatic heterocycles. The summed E-state index contributed by atoms with van der Waals surface area (Å²) in [6, 6.07) is -0.0192. The number of rotatable bonds is 5. The Bertz CT molecular complexity index is 860. The van der Waals surface area contributed by atoms with Gasteiger partial charge in [0.25, 0.3) is 0 Å². The molecule has 28 heavy (non-hydrogen) atoms. The molecule has 3 heterocycles. The number of aromatic nitrogens is 4. The topological polar surface area (TPSA) is 84.1 Å². The van der Waals surface area contributed by atoms with E-state index in [0.717, 1.165) is 42.3 Å². The van der Waals surface area contributed by atoms with Crippen molar-refractivity contribution < 1.29 is 9.90 Å². The second kappa shape index (κ2) is 7.22. The van der Waals surface area contributed by atoms with Crippen LogP contribution in [0.15, 0.2) is 11.6 Å². The summed E-state index contributed by atoms with van der Waals surface area (Å²) in [6.45, 7) is 3.56. The predicted octanol–water partition coefficient (Wildman–Crippen LogP) is 2.32. The van der Waals surface area contributed by atoms with E-state index in [4.69, 9.17) is 0 Å². The summed E-state index contributed by atoms with van der Waals surface area (Å²) in [5, 5.41) is 22.4. The largest absolute Gasteiger partial charge is 0.391 e. The van der Waals surface area contributed by atoms with Crippen molar-refractivity contribution >= 4 is 17.2 Å². The smallest absolute Gasteiger partial charge is 0.222 e. The Morgan fingerprint density at radius 3 is 2.79 bits per heavy atom. The van der Waals surface area contributed by atoms with Crippen LogP contribution >= 0.6 is 11.3 Å². The monoisotopic (exact) mass is 401 g/mol. The maximum Gasteiger partial charge on any atom is 0.222 e. The van der Waals surface area contributed by atoms with E-state index in [1.165, 1.54) is 12.8 Å².